The van der Waals surface area contributed by atoms with Crippen LogP contribution >= 0.6 is 11.6 Å². The van der Waals surface area contributed by atoms with Crippen molar-refractivity contribution in [2.45, 2.75) is 11.5 Å². The molecule has 30 heavy (non-hydrogen) atoms. The van der Waals surface area contributed by atoms with E-state index in [1.807, 2.05) is 90.8 Å². The summed E-state index contributed by atoms with van der Waals surface area (Å²) in [6.07, 6.45) is 0. The van der Waals surface area contributed by atoms with E-state index in [0.29, 0.717) is 17.1 Å². The number of fused-ring (bicyclic) bond motifs is 2. The van der Waals surface area contributed by atoms with Crippen molar-refractivity contribution < 1.29 is 9.59 Å². The van der Waals surface area contributed by atoms with Crippen LogP contribution in [0.15, 0.2) is 78.9 Å². The molecule has 0 bridgehead atoms. The van der Waals surface area contributed by atoms with Crippen molar-refractivity contribution in [3.8, 4) is 0 Å². The molecular formula is C25H21ClN2O2. The molecule has 3 aromatic carbocycles. The fraction of sp³-hybridized carbons (Fsp3) is 0.200. The average Bonchev–Trinajstić information content (AvgIpc) is 3.24. The van der Waals surface area contributed by atoms with Crippen molar-refractivity contribution in [1.82, 2.24) is 4.90 Å². The molecule has 1 spiro atoms. The van der Waals surface area contributed by atoms with Gasteiger partial charge in [-0.05, 0) is 30.8 Å². The Labute approximate surface area is 180 Å². The highest BCUT2D eigenvalue weighted by Crippen LogP contribution is 2.55. The highest BCUT2D eigenvalue weighted by molar-refractivity contribution is 6.30. The smallest absolute Gasteiger partial charge is 0.250 e. The number of Topliss-reactive ketones (excluding diaryl/α,β-unsaturated/α-hetero) is 1. The number of likely N-dealkylation sites (tertiary alicyclic amines) is 1. The SMILES string of the molecule is CN1C[C@@H](c2ccc(Cl)cc2)[C@H](C(=O)c2ccccc2)[C@@]12C(=O)Nc1ccccc12. The van der Waals surface area contributed by atoms with E-state index in [9.17, 15) is 9.59 Å². The van der Waals surface area contributed by atoms with Crippen LogP contribution in [-0.2, 0) is 10.3 Å². The van der Waals surface area contributed by atoms with Crippen molar-refractivity contribution in [2.24, 2.45) is 5.92 Å². The van der Waals surface area contributed by atoms with Gasteiger partial charge in [0.1, 0.15) is 5.54 Å². The van der Waals surface area contributed by atoms with Crippen LogP contribution in [0.5, 0.6) is 0 Å². The number of likely N-dealkylation sites (N-methyl/N-ethyl adjacent to an activating group) is 1. The normalized spacial score (nSPS) is 25.3. The second kappa shape index (κ2) is 7.08. The van der Waals surface area contributed by atoms with Gasteiger partial charge in [0, 0.05) is 34.3 Å². The number of carbonyl (C=O) groups excluding carboxylic acids is 2. The standard InChI is InChI=1S/C25H21ClN2O2/c1-28-15-19(16-11-13-18(26)14-12-16)22(23(29)17-7-3-2-4-8-17)25(28)20-9-5-6-10-21(20)27-24(25)30/h2-14,19,22H,15H2,1H3,(H,27,30)/t19-,22+,25-/m0/s1. The minimum absolute atomic E-state index is 0.0215. The number of benzene rings is 3. The van der Waals surface area contributed by atoms with Gasteiger partial charge in [0.2, 0.25) is 5.91 Å². The number of nitrogens with one attached hydrogen (secondary N) is 1. The summed E-state index contributed by atoms with van der Waals surface area (Å²) in [5, 5.41) is 3.67. The second-order valence-corrected chi connectivity index (χ2v) is 8.45. The van der Waals surface area contributed by atoms with Gasteiger partial charge in [0.05, 0.1) is 5.92 Å². The molecule has 2 aliphatic rings. The summed E-state index contributed by atoms with van der Waals surface area (Å²) in [6.45, 7) is 0.590. The number of nitrogens with zero attached hydrogens (tertiary/aromatic N) is 1. The number of halogens is 1. The molecular weight excluding hydrogens is 396 g/mol. The maximum Gasteiger partial charge on any atom is 0.250 e. The molecule has 0 unspecified atom stereocenters. The van der Waals surface area contributed by atoms with E-state index in [4.69, 9.17) is 11.6 Å². The van der Waals surface area contributed by atoms with E-state index in [1.54, 1.807) is 0 Å². The summed E-state index contributed by atoms with van der Waals surface area (Å²) in [6, 6.07) is 24.6. The molecule has 0 aliphatic carbocycles. The molecule has 3 aromatic rings. The van der Waals surface area contributed by atoms with Crippen molar-refractivity contribution in [1.29, 1.82) is 0 Å². The maximum absolute atomic E-state index is 13.9. The third-order valence-corrected chi connectivity index (χ3v) is 6.75. The summed E-state index contributed by atoms with van der Waals surface area (Å²) < 4.78 is 0. The first-order chi connectivity index (χ1) is 14.5. The Morgan fingerprint density at radius 2 is 1.67 bits per heavy atom. The zero-order valence-electron chi connectivity index (χ0n) is 16.5. The molecule has 1 amide bonds. The molecule has 1 saturated heterocycles. The van der Waals surface area contributed by atoms with Crippen molar-refractivity contribution >= 4 is 29.0 Å². The lowest BCUT2D eigenvalue weighted by molar-refractivity contribution is -0.126. The molecule has 0 radical (unpaired) electrons. The van der Waals surface area contributed by atoms with E-state index in [2.05, 4.69) is 5.32 Å². The lowest BCUT2D eigenvalue weighted by atomic mass is 9.70. The third-order valence-electron chi connectivity index (χ3n) is 6.50. The number of amides is 1. The van der Waals surface area contributed by atoms with E-state index in [1.165, 1.54) is 0 Å². The van der Waals surface area contributed by atoms with Crippen LogP contribution in [0.25, 0.3) is 0 Å². The molecule has 2 heterocycles. The zero-order valence-corrected chi connectivity index (χ0v) is 17.3. The van der Waals surface area contributed by atoms with E-state index in [0.717, 1.165) is 16.8 Å². The lowest BCUT2D eigenvalue weighted by Gasteiger charge is -2.35. The monoisotopic (exact) mass is 416 g/mol. The number of anilines is 1. The highest BCUT2D eigenvalue weighted by atomic mass is 35.5. The van der Waals surface area contributed by atoms with Gasteiger partial charge >= 0.3 is 0 Å². The van der Waals surface area contributed by atoms with Crippen LogP contribution < -0.4 is 5.32 Å². The maximum atomic E-state index is 13.9. The quantitative estimate of drug-likeness (QED) is 0.629. The van der Waals surface area contributed by atoms with Crippen LogP contribution in [-0.4, -0.2) is 30.2 Å². The van der Waals surface area contributed by atoms with Gasteiger partial charge in [-0.1, -0.05) is 72.3 Å². The Hall–Kier alpha value is -2.95. The van der Waals surface area contributed by atoms with Crippen molar-refractivity contribution in [2.75, 3.05) is 18.9 Å². The van der Waals surface area contributed by atoms with E-state index in [-0.39, 0.29) is 17.6 Å². The van der Waals surface area contributed by atoms with Crippen LogP contribution in [0.4, 0.5) is 5.69 Å². The Bertz CT molecular complexity index is 1130. The minimum Gasteiger partial charge on any atom is -0.324 e. The first-order valence-electron chi connectivity index (χ1n) is 10.0. The first-order valence-corrected chi connectivity index (χ1v) is 10.4. The summed E-state index contributed by atoms with van der Waals surface area (Å²) in [5.74, 6) is -0.865. The number of carbonyl (C=O) groups is 2. The number of hydrogen-bond acceptors (Lipinski definition) is 3. The molecule has 4 nitrogen and oxygen atoms in total. The van der Waals surface area contributed by atoms with Gasteiger partial charge in [-0.15, -0.1) is 0 Å². The van der Waals surface area contributed by atoms with Crippen LogP contribution in [0.2, 0.25) is 5.02 Å². The Morgan fingerprint density at radius 3 is 2.40 bits per heavy atom. The fourth-order valence-corrected chi connectivity index (χ4v) is 5.31. The Balaban J connectivity index is 1.73. The van der Waals surface area contributed by atoms with E-state index < -0.39 is 11.5 Å². The largest absolute Gasteiger partial charge is 0.324 e. The number of rotatable bonds is 3. The highest BCUT2D eigenvalue weighted by Gasteiger charge is 2.64. The van der Waals surface area contributed by atoms with Crippen LogP contribution in [0, 0.1) is 5.92 Å². The molecule has 150 valence electrons. The molecule has 5 heteroatoms. The summed E-state index contributed by atoms with van der Waals surface area (Å²) >= 11 is 6.11. The summed E-state index contributed by atoms with van der Waals surface area (Å²) in [7, 11) is 1.93. The minimum atomic E-state index is -1.05. The van der Waals surface area contributed by atoms with Gasteiger partial charge in [-0.3, -0.25) is 14.5 Å². The number of hydrogen-bond donors (Lipinski definition) is 1. The predicted octanol–water partition coefficient (Wildman–Crippen LogP) is 4.72. The Kier molecular flexibility index (Phi) is 4.49. The van der Waals surface area contributed by atoms with Crippen molar-refractivity contribution in [3.05, 3.63) is 101 Å². The van der Waals surface area contributed by atoms with Gasteiger partial charge in [-0.25, -0.2) is 0 Å². The molecule has 1 N–H and O–H groups in total. The molecule has 5 rings (SSSR count). The van der Waals surface area contributed by atoms with Crippen molar-refractivity contribution in [3.63, 3.8) is 0 Å². The summed E-state index contributed by atoms with van der Waals surface area (Å²) in [4.78, 5) is 29.5. The second-order valence-electron chi connectivity index (χ2n) is 8.01. The topological polar surface area (TPSA) is 49.4 Å². The zero-order chi connectivity index (χ0) is 20.9. The summed E-state index contributed by atoms with van der Waals surface area (Å²) in [5.41, 5.74) is 2.22. The molecule has 1 fully saturated rings. The Morgan fingerprint density at radius 1 is 1.00 bits per heavy atom. The molecule has 2 aliphatic heterocycles. The lowest BCUT2D eigenvalue weighted by Crippen LogP contribution is -2.51. The van der Waals surface area contributed by atoms with Gasteiger partial charge in [-0.2, -0.15) is 0 Å². The molecule has 0 saturated carbocycles. The van der Waals surface area contributed by atoms with Crippen LogP contribution in [0.1, 0.15) is 27.4 Å². The van der Waals surface area contributed by atoms with Gasteiger partial charge in [0.25, 0.3) is 0 Å². The van der Waals surface area contributed by atoms with Gasteiger partial charge < -0.3 is 5.32 Å². The third kappa shape index (κ3) is 2.64. The molecule has 3 atom stereocenters. The van der Waals surface area contributed by atoms with E-state index >= 15 is 0 Å². The predicted molar refractivity (Wildman–Crippen MR) is 118 cm³/mol. The number of para-hydroxylation sites is 1. The molecule has 0 aromatic heterocycles. The van der Waals surface area contributed by atoms with Gasteiger partial charge in [0.15, 0.2) is 5.78 Å². The number of ketones is 1. The fourth-order valence-electron chi connectivity index (χ4n) is 5.19. The first kappa shape index (κ1) is 19.0. The average molecular weight is 417 g/mol. The van der Waals surface area contributed by atoms with Crippen LogP contribution in [0.3, 0.4) is 0 Å².